The Morgan fingerprint density at radius 2 is 2.21 bits per heavy atom. The van der Waals surface area contributed by atoms with Gasteiger partial charge in [-0.3, -0.25) is 10.1 Å². The first-order valence-corrected chi connectivity index (χ1v) is 5.31. The highest BCUT2D eigenvalue weighted by atomic mass is 19.1. The Kier molecular flexibility index (Phi) is 5.19. The molecule has 0 aliphatic carbocycles. The first kappa shape index (κ1) is 14.8. The van der Waals surface area contributed by atoms with Crippen LogP contribution in [0.4, 0.5) is 10.1 Å². The number of benzene rings is 1. The van der Waals surface area contributed by atoms with E-state index in [0.29, 0.717) is 6.07 Å². The highest BCUT2D eigenvalue weighted by Crippen LogP contribution is 2.30. The second-order valence-electron chi connectivity index (χ2n) is 3.47. The summed E-state index contributed by atoms with van der Waals surface area (Å²) in [7, 11) is 1.06. The summed E-state index contributed by atoms with van der Waals surface area (Å²) in [6.07, 6.45) is 0.252. The second kappa shape index (κ2) is 6.64. The molecule has 1 rings (SSSR count). The molecule has 0 unspecified atom stereocenters. The van der Waals surface area contributed by atoms with Gasteiger partial charge in [0.15, 0.2) is 5.75 Å². The third-order valence-electron chi connectivity index (χ3n) is 2.21. The van der Waals surface area contributed by atoms with E-state index in [2.05, 4.69) is 4.74 Å². The second-order valence-corrected chi connectivity index (χ2v) is 3.47. The number of carbonyl (C=O) groups excluding carboxylic acids is 1. The Labute approximate surface area is 107 Å². The summed E-state index contributed by atoms with van der Waals surface area (Å²) in [4.78, 5) is 21.2. The first-order valence-electron chi connectivity index (χ1n) is 5.31. The van der Waals surface area contributed by atoms with E-state index in [1.54, 1.807) is 0 Å². The lowest BCUT2D eigenvalue weighted by molar-refractivity contribution is -0.386. The Morgan fingerprint density at radius 3 is 2.74 bits per heavy atom. The number of hydrogen-bond acceptors (Lipinski definition) is 6. The molecule has 7 nitrogen and oxygen atoms in total. The summed E-state index contributed by atoms with van der Waals surface area (Å²) >= 11 is 0. The van der Waals surface area contributed by atoms with Gasteiger partial charge in [0.1, 0.15) is 5.82 Å². The van der Waals surface area contributed by atoms with Crippen molar-refractivity contribution in [3.8, 4) is 5.75 Å². The number of aliphatic hydroxyl groups is 1. The summed E-state index contributed by atoms with van der Waals surface area (Å²) in [5.74, 6) is -2.27. The van der Waals surface area contributed by atoms with Crippen molar-refractivity contribution < 1.29 is 28.7 Å². The molecule has 0 saturated carbocycles. The van der Waals surface area contributed by atoms with Gasteiger partial charge in [0.05, 0.1) is 30.3 Å². The van der Waals surface area contributed by atoms with E-state index >= 15 is 0 Å². The van der Waals surface area contributed by atoms with Gasteiger partial charge in [-0.25, -0.2) is 9.18 Å². The molecule has 0 atom stereocenters. The SMILES string of the molecule is COC(=O)c1cc(OCCCO)c([N+](=O)[O-])cc1F. The minimum Gasteiger partial charge on any atom is -0.487 e. The molecule has 0 amide bonds. The Bertz CT molecular complexity index is 490. The highest BCUT2D eigenvalue weighted by Gasteiger charge is 2.23. The molecule has 0 radical (unpaired) electrons. The molecule has 1 aromatic rings. The van der Waals surface area contributed by atoms with Crippen LogP contribution in [0.25, 0.3) is 0 Å². The quantitative estimate of drug-likeness (QED) is 0.363. The van der Waals surface area contributed by atoms with Gasteiger partial charge in [0, 0.05) is 19.1 Å². The standard InChI is InChI=1S/C11H12FNO6/c1-18-11(15)7-5-10(19-4-2-3-14)9(13(16)17)6-8(7)12/h5-6,14H,2-4H2,1H3. The molecule has 19 heavy (non-hydrogen) atoms. The van der Waals surface area contributed by atoms with Crippen LogP contribution in [0.5, 0.6) is 5.75 Å². The fourth-order valence-corrected chi connectivity index (χ4v) is 1.31. The van der Waals surface area contributed by atoms with Crippen LogP contribution >= 0.6 is 0 Å². The summed E-state index contributed by atoms with van der Waals surface area (Å²) in [6, 6.07) is 1.51. The molecule has 1 N–H and O–H groups in total. The van der Waals surface area contributed by atoms with E-state index in [9.17, 15) is 19.3 Å². The summed E-state index contributed by atoms with van der Waals surface area (Å²) in [6.45, 7) is -0.150. The first-order chi connectivity index (χ1) is 9.01. The van der Waals surface area contributed by atoms with Gasteiger partial charge in [0.25, 0.3) is 0 Å². The summed E-state index contributed by atoms with van der Waals surface area (Å²) in [5.41, 5.74) is -1.05. The number of esters is 1. The molecule has 0 aliphatic heterocycles. The highest BCUT2D eigenvalue weighted by molar-refractivity contribution is 5.90. The lowest BCUT2D eigenvalue weighted by Gasteiger charge is -2.08. The normalized spacial score (nSPS) is 10.1. The number of hydrogen-bond donors (Lipinski definition) is 1. The van der Waals surface area contributed by atoms with Gasteiger partial charge in [-0.05, 0) is 0 Å². The third kappa shape index (κ3) is 3.62. The zero-order valence-corrected chi connectivity index (χ0v) is 10.1. The van der Waals surface area contributed by atoms with Crippen molar-refractivity contribution in [3.63, 3.8) is 0 Å². The maximum atomic E-state index is 13.5. The van der Waals surface area contributed by atoms with Crippen molar-refractivity contribution >= 4 is 11.7 Å². The Hall–Kier alpha value is -2.22. The molecule has 104 valence electrons. The molecular weight excluding hydrogens is 261 g/mol. The van der Waals surface area contributed by atoms with Crippen LogP contribution in [0.3, 0.4) is 0 Å². The van der Waals surface area contributed by atoms with Crippen LogP contribution in [0.2, 0.25) is 0 Å². The van der Waals surface area contributed by atoms with Crippen LogP contribution in [-0.4, -0.2) is 36.3 Å². The largest absolute Gasteiger partial charge is 0.487 e. The van der Waals surface area contributed by atoms with E-state index in [4.69, 9.17) is 9.84 Å². The van der Waals surface area contributed by atoms with Crippen molar-refractivity contribution in [2.75, 3.05) is 20.3 Å². The number of aliphatic hydroxyl groups excluding tert-OH is 1. The Balaban J connectivity index is 3.15. The predicted octanol–water partition coefficient (Wildman–Crippen LogP) is 1.28. The summed E-state index contributed by atoms with van der Waals surface area (Å²) in [5, 5.41) is 19.4. The average molecular weight is 273 g/mol. The van der Waals surface area contributed by atoms with E-state index in [0.717, 1.165) is 13.2 Å². The van der Waals surface area contributed by atoms with E-state index in [1.165, 1.54) is 0 Å². The van der Waals surface area contributed by atoms with Gasteiger partial charge in [0.2, 0.25) is 0 Å². The fraction of sp³-hybridized carbons (Fsp3) is 0.364. The molecule has 8 heteroatoms. The smallest absolute Gasteiger partial charge is 0.340 e. The molecular formula is C11H12FNO6. The summed E-state index contributed by atoms with van der Waals surface area (Å²) < 4.78 is 22.9. The molecule has 0 spiro atoms. The van der Waals surface area contributed by atoms with Crippen LogP contribution in [-0.2, 0) is 4.74 Å². The predicted molar refractivity (Wildman–Crippen MR) is 61.6 cm³/mol. The average Bonchev–Trinajstić information content (AvgIpc) is 2.39. The minimum atomic E-state index is -1.06. The lowest BCUT2D eigenvalue weighted by atomic mass is 10.1. The van der Waals surface area contributed by atoms with Gasteiger partial charge in [-0.2, -0.15) is 0 Å². The monoisotopic (exact) mass is 273 g/mol. The number of nitro benzene ring substituents is 1. The maximum absolute atomic E-state index is 13.5. The minimum absolute atomic E-state index is 0.00356. The number of nitro groups is 1. The topological polar surface area (TPSA) is 98.9 Å². The molecule has 0 aliphatic rings. The van der Waals surface area contributed by atoms with Crippen LogP contribution in [0, 0.1) is 15.9 Å². The molecule has 0 saturated heterocycles. The molecule has 0 fully saturated rings. The number of nitrogens with zero attached hydrogens (tertiary/aromatic N) is 1. The van der Waals surface area contributed by atoms with Gasteiger partial charge in [-0.15, -0.1) is 0 Å². The number of halogens is 1. The number of methoxy groups -OCH3 is 1. The van der Waals surface area contributed by atoms with Crippen molar-refractivity contribution in [1.29, 1.82) is 0 Å². The van der Waals surface area contributed by atoms with E-state index < -0.39 is 28.0 Å². The van der Waals surface area contributed by atoms with Gasteiger partial charge in [-0.1, -0.05) is 0 Å². The van der Waals surface area contributed by atoms with E-state index in [1.807, 2.05) is 0 Å². The van der Waals surface area contributed by atoms with Crippen LogP contribution in [0.1, 0.15) is 16.8 Å². The molecule has 0 bridgehead atoms. The number of ether oxygens (including phenoxy) is 2. The number of rotatable bonds is 6. The van der Waals surface area contributed by atoms with Crippen molar-refractivity contribution in [2.24, 2.45) is 0 Å². The van der Waals surface area contributed by atoms with Crippen molar-refractivity contribution in [1.82, 2.24) is 0 Å². The fourth-order valence-electron chi connectivity index (χ4n) is 1.31. The van der Waals surface area contributed by atoms with Crippen molar-refractivity contribution in [2.45, 2.75) is 6.42 Å². The molecule has 1 aromatic carbocycles. The van der Waals surface area contributed by atoms with Crippen LogP contribution in [0.15, 0.2) is 12.1 Å². The van der Waals surface area contributed by atoms with Crippen molar-refractivity contribution in [3.05, 3.63) is 33.6 Å². The van der Waals surface area contributed by atoms with E-state index in [-0.39, 0.29) is 25.4 Å². The van der Waals surface area contributed by atoms with Gasteiger partial charge >= 0.3 is 11.7 Å². The molecule has 0 heterocycles. The van der Waals surface area contributed by atoms with Crippen LogP contribution < -0.4 is 4.74 Å². The zero-order valence-electron chi connectivity index (χ0n) is 10.1. The van der Waals surface area contributed by atoms with Gasteiger partial charge < -0.3 is 14.6 Å². The zero-order chi connectivity index (χ0) is 14.4. The maximum Gasteiger partial charge on any atom is 0.340 e. The third-order valence-corrected chi connectivity index (χ3v) is 2.21. The lowest BCUT2D eigenvalue weighted by Crippen LogP contribution is -2.08. The number of carbonyl (C=O) groups is 1. The Morgan fingerprint density at radius 1 is 1.53 bits per heavy atom. The molecule has 0 aromatic heterocycles.